The van der Waals surface area contributed by atoms with Crippen LogP contribution in [0.1, 0.15) is 27.8 Å². The molecule has 0 spiro atoms. The van der Waals surface area contributed by atoms with Gasteiger partial charge in [-0.3, -0.25) is 9.48 Å². The fraction of sp³-hybridized carbons (Fsp3) is 0.286. The largest absolute Gasteiger partial charge is 0.478 e. The lowest BCUT2D eigenvalue weighted by Gasteiger charge is -1.96. The van der Waals surface area contributed by atoms with Gasteiger partial charge in [0, 0.05) is 14.0 Å². The number of carbonyl (C=O) groups is 2. The van der Waals surface area contributed by atoms with E-state index < -0.39 is 5.97 Å². The van der Waals surface area contributed by atoms with E-state index in [0.29, 0.717) is 0 Å². The predicted octanol–water partition coefficient (Wildman–Crippen LogP) is 0.321. The fourth-order valence-corrected chi connectivity index (χ4v) is 1.01. The van der Waals surface area contributed by atoms with Crippen LogP contribution in [0.15, 0.2) is 6.20 Å². The van der Waals surface area contributed by atoms with Gasteiger partial charge in [-0.1, -0.05) is 0 Å². The van der Waals surface area contributed by atoms with Crippen molar-refractivity contribution in [1.82, 2.24) is 9.78 Å². The van der Waals surface area contributed by atoms with E-state index in [1.54, 1.807) is 0 Å². The summed E-state index contributed by atoms with van der Waals surface area (Å²) in [6.45, 7) is 1.31. The van der Waals surface area contributed by atoms with E-state index in [1.165, 1.54) is 24.9 Å². The average molecular weight is 168 g/mol. The summed E-state index contributed by atoms with van der Waals surface area (Å²) in [6.07, 6.45) is 1.17. The zero-order valence-electron chi connectivity index (χ0n) is 6.74. The third-order valence-electron chi connectivity index (χ3n) is 1.50. The van der Waals surface area contributed by atoms with Crippen LogP contribution in [-0.2, 0) is 7.05 Å². The molecule has 1 rings (SSSR count). The van der Waals surface area contributed by atoms with E-state index in [-0.39, 0.29) is 17.0 Å². The van der Waals surface area contributed by atoms with E-state index in [4.69, 9.17) is 5.11 Å². The maximum absolute atomic E-state index is 10.9. The molecular weight excluding hydrogens is 160 g/mol. The van der Waals surface area contributed by atoms with Gasteiger partial charge in [-0.25, -0.2) is 4.79 Å². The van der Waals surface area contributed by atoms with Crippen molar-refractivity contribution < 1.29 is 14.7 Å². The standard InChI is InChI=1S/C7H8N2O3/c1-4(10)6-5(7(11)12)3-8-9(6)2/h3H,1-2H3,(H,11,12). The van der Waals surface area contributed by atoms with Crippen LogP contribution in [0.4, 0.5) is 0 Å². The quantitative estimate of drug-likeness (QED) is 0.645. The Bertz CT molecular complexity index is 340. The number of nitrogens with zero attached hydrogens (tertiary/aromatic N) is 2. The number of rotatable bonds is 2. The Hall–Kier alpha value is -1.65. The van der Waals surface area contributed by atoms with Crippen molar-refractivity contribution in [3.63, 3.8) is 0 Å². The molecule has 0 aliphatic rings. The smallest absolute Gasteiger partial charge is 0.339 e. The predicted molar refractivity (Wildman–Crippen MR) is 40.2 cm³/mol. The van der Waals surface area contributed by atoms with Crippen LogP contribution in [0.25, 0.3) is 0 Å². The lowest BCUT2D eigenvalue weighted by Crippen LogP contribution is -2.08. The number of Topliss-reactive ketones (excluding diaryl/α,β-unsaturated/α-hetero) is 1. The molecule has 5 nitrogen and oxygen atoms in total. The normalized spacial score (nSPS) is 9.83. The molecule has 12 heavy (non-hydrogen) atoms. The monoisotopic (exact) mass is 168 g/mol. The van der Waals surface area contributed by atoms with E-state index >= 15 is 0 Å². The summed E-state index contributed by atoms with van der Waals surface area (Å²) in [4.78, 5) is 21.5. The molecule has 0 radical (unpaired) electrons. The van der Waals surface area contributed by atoms with Crippen LogP contribution in [0, 0.1) is 0 Å². The molecule has 5 heteroatoms. The third kappa shape index (κ3) is 1.20. The van der Waals surface area contributed by atoms with Gasteiger partial charge in [0.15, 0.2) is 5.78 Å². The van der Waals surface area contributed by atoms with Gasteiger partial charge >= 0.3 is 5.97 Å². The molecule has 1 aromatic heterocycles. The molecule has 0 fully saturated rings. The highest BCUT2D eigenvalue weighted by molar-refractivity contribution is 6.03. The lowest BCUT2D eigenvalue weighted by atomic mass is 10.2. The Morgan fingerprint density at radius 1 is 1.58 bits per heavy atom. The first kappa shape index (κ1) is 8.45. The van der Waals surface area contributed by atoms with Crippen molar-refractivity contribution in [3.05, 3.63) is 17.5 Å². The van der Waals surface area contributed by atoms with Gasteiger partial charge in [-0.05, 0) is 0 Å². The summed E-state index contributed by atoms with van der Waals surface area (Å²) in [5.41, 5.74) is 0.0764. The second kappa shape index (κ2) is 2.77. The SMILES string of the molecule is CC(=O)c1c(C(=O)O)cnn1C. The highest BCUT2D eigenvalue weighted by Crippen LogP contribution is 2.07. The van der Waals surface area contributed by atoms with Crippen LogP contribution in [0.3, 0.4) is 0 Å². The number of carbonyl (C=O) groups excluding carboxylic acids is 1. The maximum atomic E-state index is 10.9. The number of aromatic nitrogens is 2. The van der Waals surface area contributed by atoms with Crippen LogP contribution in [0.5, 0.6) is 0 Å². The first-order chi connectivity index (χ1) is 5.54. The van der Waals surface area contributed by atoms with Gasteiger partial charge in [-0.15, -0.1) is 0 Å². The highest BCUT2D eigenvalue weighted by atomic mass is 16.4. The van der Waals surface area contributed by atoms with Crippen molar-refractivity contribution in [3.8, 4) is 0 Å². The van der Waals surface area contributed by atoms with E-state index in [2.05, 4.69) is 5.10 Å². The molecule has 0 aromatic carbocycles. The Balaban J connectivity index is 3.31. The van der Waals surface area contributed by atoms with Gasteiger partial charge in [0.2, 0.25) is 0 Å². The van der Waals surface area contributed by atoms with Crippen LogP contribution in [0.2, 0.25) is 0 Å². The van der Waals surface area contributed by atoms with Crippen LogP contribution >= 0.6 is 0 Å². The minimum absolute atomic E-state index is 0.0509. The fourth-order valence-electron chi connectivity index (χ4n) is 1.01. The number of ketones is 1. The minimum atomic E-state index is -1.13. The molecule has 0 amide bonds. The van der Waals surface area contributed by atoms with Crippen molar-refractivity contribution in [2.75, 3.05) is 0 Å². The molecule has 0 aliphatic heterocycles. The molecule has 0 saturated heterocycles. The molecule has 1 heterocycles. The second-order valence-corrected chi connectivity index (χ2v) is 2.39. The highest BCUT2D eigenvalue weighted by Gasteiger charge is 2.17. The van der Waals surface area contributed by atoms with E-state index in [1.807, 2.05) is 0 Å². The summed E-state index contributed by atoms with van der Waals surface area (Å²) < 4.78 is 1.26. The van der Waals surface area contributed by atoms with Crippen molar-refractivity contribution >= 4 is 11.8 Å². The van der Waals surface area contributed by atoms with E-state index in [9.17, 15) is 9.59 Å². The van der Waals surface area contributed by atoms with Crippen LogP contribution in [-0.4, -0.2) is 26.6 Å². The summed E-state index contributed by atoms with van der Waals surface area (Å²) in [6, 6.07) is 0. The molecule has 0 unspecified atom stereocenters. The van der Waals surface area contributed by atoms with Gasteiger partial charge in [0.1, 0.15) is 11.3 Å². The van der Waals surface area contributed by atoms with Gasteiger partial charge in [-0.2, -0.15) is 5.10 Å². The number of hydrogen-bond donors (Lipinski definition) is 1. The van der Waals surface area contributed by atoms with Crippen molar-refractivity contribution in [1.29, 1.82) is 0 Å². The van der Waals surface area contributed by atoms with Gasteiger partial charge in [0.05, 0.1) is 6.20 Å². The topological polar surface area (TPSA) is 72.2 Å². The molecule has 0 saturated carbocycles. The number of aryl methyl sites for hydroxylation is 1. The Labute approximate surface area is 68.6 Å². The minimum Gasteiger partial charge on any atom is -0.478 e. The van der Waals surface area contributed by atoms with Gasteiger partial charge < -0.3 is 5.11 Å². The molecule has 1 N–H and O–H groups in total. The summed E-state index contributed by atoms with van der Waals surface area (Å²) >= 11 is 0. The van der Waals surface area contributed by atoms with Gasteiger partial charge in [0.25, 0.3) is 0 Å². The second-order valence-electron chi connectivity index (χ2n) is 2.39. The lowest BCUT2D eigenvalue weighted by molar-refractivity contribution is 0.0692. The van der Waals surface area contributed by atoms with E-state index in [0.717, 1.165) is 0 Å². The Morgan fingerprint density at radius 3 is 2.50 bits per heavy atom. The average Bonchev–Trinajstić information content (AvgIpc) is 2.30. The van der Waals surface area contributed by atoms with Crippen LogP contribution < -0.4 is 0 Å². The Kier molecular flexibility index (Phi) is 1.95. The number of aromatic carboxylic acids is 1. The summed E-state index contributed by atoms with van der Waals surface area (Å²) in [5, 5.41) is 12.3. The van der Waals surface area contributed by atoms with Crippen molar-refractivity contribution in [2.24, 2.45) is 7.05 Å². The first-order valence-electron chi connectivity index (χ1n) is 3.30. The molecule has 0 bridgehead atoms. The maximum Gasteiger partial charge on any atom is 0.339 e. The zero-order valence-corrected chi connectivity index (χ0v) is 6.74. The third-order valence-corrected chi connectivity index (χ3v) is 1.50. The molecule has 0 aliphatic carbocycles. The molecular formula is C7H8N2O3. The molecule has 0 atom stereocenters. The Morgan fingerprint density at radius 2 is 2.17 bits per heavy atom. The first-order valence-corrected chi connectivity index (χ1v) is 3.30. The summed E-state index contributed by atoms with van der Waals surface area (Å²) in [7, 11) is 1.53. The van der Waals surface area contributed by atoms with Crippen molar-refractivity contribution in [2.45, 2.75) is 6.92 Å². The number of carboxylic acids is 1. The number of hydrogen-bond acceptors (Lipinski definition) is 3. The zero-order chi connectivity index (χ0) is 9.30. The number of carboxylic acid groups (broad SMARTS) is 1. The molecule has 1 aromatic rings. The molecule has 64 valence electrons. The summed E-state index contributed by atoms with van der Waals surface area (Å²) in [5.74, 6) is -1.43.